The first kappa shape index (κ1) is 17.7. The van der Waals surface area contributed by atoms with Crippen LogP contribution in [-0.4, -0.2) is 37.4 Å². The molecule has 23 heavy (non-hydrogen) atoms. The average Bonchev–Trinajstić information content (AvgIpc) is 2.55. The first-order valence-corrected chi connectivity index (χ1v) is 6.95. The number of nitrogens with zero attached hydrogens (tertiary/aromatic N) is 1. The molecule has 0 atom stereocenters. The Balaban J connectivity index is 0.00000144. The van der Waals surface area contributed by atoms with Crippen LogP contribution in [0.15, 0.2) is 45.6 Å². The van der Waals surface area contributed by atoms with Gasteiger partial charge in [0.2, 0.25) is 0 Å². The van der Waals surface area contributed by atoms with E-state index in [4.69, 9.17) is 14.3 Å². The van der Waals surface area contributed by atoms with Crippen molar-refractivity contribution >= 4 is 11.9 Å². The van der Waals surface area contributed by atoms with Gasteiger partial charge in [0.25, 0.3) is 0 Å². The van der Waals surface area contributed by atoms with E-state index >= 15 is 0 Å². The van der Waals surface area contributed by atoms with E-state index in [0.29, 0.717) is 43.5 Å². The van der Waals surface area contributed by atoms with Crippen LogP contribution in [0.25, 0.3) is 11.3 Å². The van der Waals surface area contributed by atoms with Crippen LogP contribution in [-0.2, 0) is 4.74 Å². The molecule has 0 radical (unpaired) electrons. The van der Waals surface area contributed by atoms with E-state index in [0.717, 1.165) is 0 Å². The molecule has 0 saturated carbocycles. The molecule has 1 fully saturated rings. The van der Waals surface area contributed by atoms with Gasteiger partial charge in [0, 0.05) is 30.8 Å². The summed E-state index contributed by atoms with van der Waals surface area (Å²) in [5, 5.41) is 9.05. The van der Waals surface area contributed by atoms with Gasteiger partial charge in [0.05, 0.1) is 18.8 Å². The SMILES string of the molecule is O=C(O)c1cccc(-c2cc(=O)cc(N3CCOCC3)o2)c1.[H-].[Na+]. The maximum atomic E-state index is 11.9. The van der Waals surface area contributed by atoms with E-state index in [2.05, 4.69) is 0 Å². The predicted octanol–water partition coefficient (Wildman–Crippen LogP) is -1.04. The van der Waals surface area contributed by atoms with E-state index in [1.54, 1.807) is 12.1 Å². The Labute approximate surface area is 156 Å². The Morgan fingerprint density at radius 2 is 1.91 bits per heavy atom. The molecule has 0 amide bonds. The first-order chi connectivity index (χ1) is 10.6. The number of ether oxygens (including phenoxy) is 1. The molecule has 3 rings (SSSR count). The fraction of sp³-hybridized carbons (Fsp3) is 0.250. The third-order valence-electron chi connectivity index (χ3n) is 3.47. The molecule has 1 aliphatic rings. The number of carbonyl (C=O) groups is 1. The van der Waals surface area contributed by atoms with Crippen molar-refractivity contribution in [3.8, 4) is 11.3 Å². The van der Waals surface area contributed by atoms with Gasteiger partial charge in [0.1, 0.15) is 5.76 Å². The molecule has 0 spiro atoms. The number of hydrogen-bond acceptors (Lipinski definition) is 5. The van der Waals surface area contributed by atoms with Crippen molar-refractivity contribution in [1.29, 1.82) is 0 Å². The Morgan fingerprint density at radius 3 is 2.61 bits per heavy atom. The van der Waals surface area contributed by atoms with E-state index in [1.807, 2.05) is 4.90 Å². The number of morpholine rings is 1. The van der Waals surface area contributed by atoms with Gasteiger partial charge < -0.3 is 20.6 Å². The minimum absolute atomic E-state index is 0. The molecule has 2 heterocycles. The molecule has 7 heteroatoms. The van der Waals surface area contributed by atoms with E-state index < -0.39 is 5.97 Å². The summed E-state index contributed by atoms with van der Waals surface area (Å²) in [7, 11) is 0. The molecule has 0 unspecified atom stereocenters. The fourth-order valence-electron chi connectivity index (χ4n) is 2.35. The van der Waals surface area contributed by atoms with Gasteiger partial charge in [-0.1, -0.05) is 12.1 Å². The zero-order valence-electron chi connectivity index (χ0n) is 13.8. The number of aromatic carboxylic acids is 1. The van der Waals surface area contributed by atoms with Crippen molar-refractivity contribution in [1.82, 2.24) is 0 Å². The summed E-state index contributed by atoms with van der Waals surface area (Å²) < 4.78 is 11.1. The summed E-state index contributed by atoms with van der Waals surface area (Å²) in [6.07, 6.45) is 0. The summed E-state index contributed by atoms with van der Waals surface area (Å²) in [6.45, 7) is 2.48. The third kappa shape index (κ3) is 4.23. The van der Waals surface area contributed by atoms with Crippen molar-refractivity contribution < 1.29 is 50.0 Å². The van der Waals surface area contributed by atoms with Crippen LogP contribution in [0.4, 0.5) is 5.88 Å². The van der Waals surface area contributed by atoms with Gasteiger partial charge in [-0.3, -0.25) is 4.79 Å². The summed E-state index contributed by atoms with van der Waals surface area (Å²) in [6, 6.07) is 9.13. The molecule has 2 aromatic rings. The van der Waals surface area contributed by atoms with Crippen molar-refractivity contribution in [3.05, 3.63) is 52.2 Å². The topological polar surface area (TPSA) is 80.0 Å². The van der Waals surface area contributed by atoms with Gasteiger partial charge in [-0.05, 0) is 12.1 Å². The van der Waals surface area contributed by atoms with Gasteiger partial charge in [0.15, 0.2) is 11.3 Å². The standard InChI is InChI=1S/C16H15NO5.Na.H/c18-13-9-14(11-2-1-3-12(8-11)16(19)20)22-15(10-13)17-4-6-21-7-5-17;;/h1-3,8-10H,4-7H2,(H,19,20);;/q;+1;-1. The Morgan fingerprint density at radius 1 is 1.17 bits per heavy atom. The second-order valence-corrected chi connectivity index (χ2v) is 4.98. The number of benzene rings is 1. The maximum Gasteiger partial charge on any atom is 1.00 e. The van der Waals surface area contributed by atoms with Crippen LogP contribution in [0, 0.1) is 0 Å². The van der Waals surface area contributed by atoms with E-state index in [-0.39, 0.29) is 42.0 Å². The van der Waals surface area contributed by atoms with Crippen molar-refractivity contribution in [3.63, 3.8) is 0 Å². The molecular formula is C16H16NNaO5. The normalized spacial score (nSPS) is 14.2. The molecule has 1 N–H and O–H groups in total. The molecule has 1 aromatic carbocycles. The fourth-order valence-corrected chi connectivity index (χ4v) is 2.35. The third-order valence-corrected chi connectivity index (χ3v) is 3.47. The minimum atomic E-state index is -1.02. The van der Waals surface area contributed by atoms with Gasteiger partial charge in [-0.25, -0.2) is 4.79 Å². The van der Waals surface area contributed by atoms with Gasteiger partial charge in [-0.2, -0.15) is 0 Å². The predicted molar refractivity (Wildman–Crippen MR) is 81.5 cm³/mol. The molecule has 0 bridgehead atoms. The summed E-state index contributed by atoms with van der Waals surface area (Å²) >= 11 is 0. The number of hydrogen-bond donors (Lipinski definition) is 1. The smallest absolute Gasteiger partial charge is 1.00 e. The van der Waals surface area contributed by atoms with Crippen molar-refractivity contribution in [2.45, 2.75) is 0 Å². The number of carboxylic acid groups (broad SMARTS) is 1. The number of carboxylic acids is 1. The molecule has 1 aromatic heterocycles. The van der Waals surface area contributed by atoms with E-state index in [1.165, 1.54) is 24.3 Å². The van der Waals surface area contributed by atoms with Crippen LogP contribution < -0.4 is 39.9 Å². The van der Waals surface area contributed by atoms with Gasteiger partial charge >= 0.3 is 35.5 Å². The number of rotatable bonds is 3. The quantitative estimate of drug-likeness (QED) is 0.726. The van der Waals surface area contributed by atoms with Crippen molar-refractivity contribution in [2.75, 3.05) is 31.2 Å². The zero-order valence-corrected chi connectivity index (χ0v) is 14.8. The maximum absolute atomic E-state index is 11.9. The largest absolute Gasteiger partial charge is 1.00 e. The van der Waals surface area contributed by atoms with Crippen LogP contribution in [0.1, 0.15) is 11.8 Å². The second-order valence-electron chi connectivity index (χ2n) is 4.98. The average molecular weight is 325 g/mol. The Hall–Kier alpha value is -1.60. The molecular weight excluding hydrogens is 309 g/mol. The Bertz CT molecular complexity index is 758. The molecule has 6 nitrogen and oxygen atoms in total. The Kier molecular flexibility index (Phi) is 6.01. The number of anilines is 1. The molecule has 1 saturated heterocycles. The van der Waals surface area contributed by atoms with E-state index in [9.17, 15) is 9.59 Å². The second kappa shape index (κ2) is 7.79. The van der Waals surface area contributed by atoms with Gasteiger partial charge in [-0.15, -0.1) is 0 Å². The van der Waals surface area contributed by atoms with Crippen LogP contribution >= 0.6 is 0 Å². The minimum Gasteiger partial charge on any atom is -1.00 e. The van der Waals surface area contributed by atoms with Crippen LogP contribution in [0.3, 0.4) is 0 Å². The summed E-state index contributed by atoms with van der Waals surface area (Å²) in [4.78, 5) is 24.9. The summed E-state index contributed by atoms with van der Waals surface area (Å²) in [5.41, 5.74) is 0.535. The monoisotopic (exact) mass is 325 g/mol. The van der Waals surface area contributed by atoms with Crippen LogP contribution in [0.2, 0.25) is 0 Å². The molecule has 1 aliphatic heterocycles. The zero-order chi connectivity index (χ0) is 15.5. The summed E-state index contributed by atoms with van der Waals surface area (Å²) in [5.74, 6) is -0.183. The van der Waals surface area contributed by atoms with Crippen LogP contribution in [0.5, 0.6) is 0 Å². The van der Waals surface area contributed by atoms with Crippen molar-refractivity contribution in [2.24, 2.45) is 0 Å². The first-order valence-electron chi connectivity index (χ1n) is 6.95. The molecule has 0 aliphatic carbocycles. The molecule has 116 valence electrons.